The lowest BCUT2D eigenvalue weighted by Crippen LogP contribution is -2.61. The highest BCUT2D eigenvalue weighted by Gasteiger charge is 2.48. The van der Waals surface area contributed by atoms with Crippen molar-refractivity contribution in [1.82, 2.24) is 5.32 Å². The van der Waals surface area contributed by atoms with Gasteiger partial charge >= 0.3 is 10.4 Å². The Labute approximate surface area is 498 Å². The molecule has 0 aromatic rings. The van der Waals surface area contributed by atoms with Gasteiger partial charge < -0.3 is 35.2 Å². The van der Waals surface area contributed by atoms with E-state index in [4.69, 9.17) is 9.47 Å². The van der Waals surface area contributed by atoms with Crippen LogP contribution in [-0.2, 0) is 28.9 Å². The van der Waals surface area contributed by atoms with Crippen LogP contribution in [0, 0.1) is 0 Å². The molecule has 7 unspecified atom stereocenters. The van der Waals surface area contributed by atoms with E-state index in [1.807, 2.05) is 6.08 Å². The zero-order chi connectivity index (χ0) is 59.0. The van der Waals surface area contributed by atoms with Gasteiger partial charge in [-0.15, -0.1) is 0 Å². The lowest BCUT2D eigenvalue weighted by molar-refractivity contribution is -0.298. The van der Waals surface area contributed by atoms with Gasteiger partial charge in [-0.25, -0.2) is 4.18 Å². The number of nitrogens with one attached hydrogen (secondary N) is 1. The summed E-state index contributed by atoms with van der Waals surface area (Å²) in [6.07, 6.45) is 66.7. The van der Waals surface area contributed by atoms with E-state index in [0.29, 0.717) is 6.42 Å². The molecular formula is C68H129NO11S. The van der Waals surface area contributed by atoms with Gasteiger partial charge in [0.1, 0.15) is 24.4 Å². The minimum absolute atomic E-state index is 0.258. The smallest absolute Gasteiger partial charge is 0.394 e. The number of ether oxygens (including phenoxy) is 2. The van der Waals surface area contributed by atoms with Gasteiger partial charge in [0.05, 0.1) is 25.4 Å². The molecule has 0 saturated carbocycles. The molecule has 0 aromatic heterocycles. The van der Waals surface area contributed by atoms with Crippen LogP contribution in [-0.4, -0.2) is 95.4 Å². The first-order chi connectivity index (χ1) is 39.5. The number of aliphatic hydroxyl groups is 4. The Morgan fingerprint density at radius 3 is 1.17 bits per heavy atom. The molecule has 1 aliphatic heterocycles. The number of aliphatic hydroxyl groups excluding tert-OH is 4. The van der Waals surface area contributed by atoms with Crippen LogP contribution in [0.1, 0.15) is 335 Å². The summed E-state index contributed by atoms with van der Waals surface area (Å²) in [6, 6.07) is -0.944. The highest BCUT2D eigenvalue weighted by molar-refractivity contribution is 7.80. The van der Waals surface area contributed by atoms with Crippen molar-refractivity contribution < 1.29 is 51.8 Å². The molecule has 6 N–H and O–H groups in total. The SMILES string of the molecule is CCCCCCCCCCCCCCC/C=C/C(O)C(COC1OC(CO)C(O)C(OS(=O)(=O)O)C1O)NC(=O)CCCCCCCCCCCCCCCCCCC/C=C\C/C=C\CCCCCCCCCCCCCCCCC. The average Bonchev–Trinajstić information content (AvgIpc) is 3.49. The molecule has 0 aliphatic carbocycles. The fourth-order valence-electron chi connectivity index (χ4n) is 11.1. The highest BCUT2D eigenvalue weighted by atomic mass is 32.3. The molecule has 12 nitrogen and oxygen atoms in total. The lowest BCUT2D eigenvalue weighted by Gasteiger charge is -2.41. The van der Waals surface area contributed by atoms with Crippen LogP contribution in [0.2, 0.25) is 0 Å². The van der Waals surface area contributed by atoms with Crippen molar-refractivity contribution in [2.75, 3.05) is 13.2 Å². The molecule has 7 atom stereocenters. The van der Waals surface area contributed by atoms with Crippen molar-refractivity contribution in [1.29, 1.82) is 0 Å². The van der Waals surface area contributed by atoms with Crippen molar-refractivity contribution in [2.24, 2.45) is 0 Å². The predicted octanol–water partition coefficient (Wildman–Crippen LogP) is 17.7. The Bertz CT molecular complexity index is 1560. The Morgan fingerprint density at radius 1 is 0.494 bits per heavy atom. The number of carbonyl (C=O) groups is 1. The maximum atomic E-state index is 13.2. The topological polar surface area (TPSA) is 192 Å². The van der Waals surface area contributed by atoms with Gasteiger partial charge in [-0.1, -0.05) is 314 Å². The van der Waals surface area contributed by atoms with E-state index >= 15 is 0 Å². The van der Waals surface area contributed by atoms with Gasteiger partial charge in [-0.3, -0.25) is 9.35 Å². The summed E-state index contributed by atoms with van der Waals surface area (Å²) in [5.74, 6) is -0.258. The van der Waals surface area contributed by atoms with Crippen molar-refractivity contribution in [3.8, 4) is 0 Å². The van der Waals surface area contributed by atoms with E-state index in [9.17, 15) is 38.2 Å². The average molecular weight is 1170 g/mol. The normalized spacial score (nSPS) is 18.7. The first-order valence-corrected chi connectivity index (χ1v) is 35.7. The van der Waals surface area contributed by atoms with Crippen LogP contribution in [0.4, 0.5) is 0 Å². The minimum Gasteiger partial charge on any atom is -0.394 e. The highest BCUT2D eigenvalue weighted by Crippen LogP contribution is 2.26. The zero-order valence-electron chi connectivity index (χ0n) is 52.4. The molecular weight excluding hydrogens is 1040 g/mol. The second-order valence-electron chi connectivity index (χ2n) is 24.1. The van der Waals surface area contributed by atoms with E-state index in [-0.39, 0.29) is 18.9 Å². The third kappa shape index (κ3) is 49.2. The maximum Gasteiger partial charge on any atom is 0.397 e. The molecule has 1 rings (SSSR count). The Hall–Kier alpha value is -1.68. The summed E-state index contributed by atoms with van der Waals surface area (Å²) < 4.78 is 47.9. The number of hydrogen-bond acceptors (Lipinski definition) is 10. The lowest BCUT2D eigenvalue weighted by atomic mass is 9.99. The number of rotatable bonds is 61. The van der Waals surface area contributed by atoms with Gasteiger partial charge in [0.15, 0.2) is 6.29 Å². The molecule has 0 spiro atoms. The molecule has 1 amide bonds. The van der Waals surface area contributed by atoms with Crippen LogP contribution in [0.3, 0.4) is 0 Å². The van der Waals surface area contributed by atoms with E-state index in [2.05, 4.69) is 47.7 Å². The summed E-state index contributed by atoms with van der Waals surface area (Å²) in [7, 11) is -5.09. The van der Waals surface area contributed by atoms with Crippen molar-refractivity contribution >= 4 is 16.3 Å². The summed E-state index contributed by atoms with van der Waals surface area (Å²) in [6.45, 7) is 3.44. The van der Waals surface area contributed by atoms with Crippen LogP contribution >= 0.6 is 0 Å². The van der Waals surface area contributed by atoms with Crippen molar-refractivity contribution in [3.05, 3.63) is 36.5 Å². The van der Waals surface area contributed by atoms with Gasteiger partial charge in [0, 0.05) is 6.42 Å². The number of amides is 1. The van der Waals surface area contributed by atoms with Crippen molar-refractivity contribution in [2.45, 2.75) is 378 Å². The fraction of sp³-hybridized carbons (Fsp3) is 0.897. The quantitative estimate of drug-likeness (QED) is 0.0193. The van der Waals surface area contributed by atoms with Gasteiger partial charge in [0.2, 0.25) is 5.91 Å². The Kier molecular flexibility index (Phi) is 54.8. The fourth-order valence-corrected chi connectivity index (χ4v) is 11.6. The maximum absolute atomic E-state index is 13.2. The minimum atomic E-state index is -5.09. The number of unbranched alkanes of at least 4 members (excludes halogenated alkanes) is 45. The molecule has 13 heteroatoms. The second-order valence-corrected chi connectivity index (χ2v) is 25.2. The molecule has 1 heterocycles. The van der Waals surface area contributed by atoms with Gasteiger partial charge in [-0.05, 0) is 51.4 Å². The molecule has 478 valence electrons. The number of carbonyl (C=O) groups excluding carboxylic acids is 1. The van der Waals surface area contributed by atoms with Crippen molar-refractivity contribution in [3.63, 3.8) is 0 Å². The molecule has 1 fully saturated rings. The van der Waals surface area contributed by atoms with Gasteiger partial charge in [-0.2, -0.15) is 8.42 Å². The third-order valence-corrected chi connectivity index (χ3v) is 16.9. The van der Waals surface area contributed by atoms with Crippen LogP contribution in [0.5, 0.6) is 0 Å². The van der Waals surface area contributed by atoms with E-state index in [0.717, 1.165) is 44.9 Å². The zero-order valence-corrected chi connectivity index (χ0v) is 53.2. The molecule has 81 heavy (non-hydrogen) atoms. The van der Waals surface area contributed by atoms with E-state index in [1.165, 1.54) is 263 Å². The van der Waals surface area contributed by atoms with Crippen LogP contribution in [0.15, 0.2) is 36.5 Å². The summed E-state index contributed by atoms with van der Waals surface area (Å²) in [4.78, 5) is 13.2. The Balaban J connectivity index is 2.15. The Morgan fingerprint density at radius 2 is 0.827 bits per heavy atom. The first kappa shape index (κ1) is 77.3. The predicted molar refractivity (Wildman–Crippen MR) is 338 cm³/mol. The molecule has 1 saturated heterocycles. The first-order valence-electron chi connectivity index (χ1n) is 34.4. The largest absolute Gasteiger partial charge is 0.397 e. The second kappa shape index (κ2) is 57.4. The van der Waals surface area contributed by atoms with Gasteiger partial charge in [0.25, 0.3) is 0 Å². The molecule has 1 aliphatic rings. The molecule has 0 aromatic carbocycles. The number of allylic oxidation sites excluding steroid dienone is 5. The standard InChI is InChI=1S/C68H129NO11S/c1-3-5-7-9-11-13-15-17-19-20-21-22-23-24-25-26-27-28-29-30-31-32-33-34-35-36-37-38-39-40-41-42-44-46-48-50-52-54-56-58-64(72)69-61(60-78-68-66(74)67(80-81(75,76)77)65(73)63(59-70)79-68)62(71)57-55-53-51-49-47-45-43-18-16-14-12-10-8-6-4-2/h27-28,30-31,55,57,61-63,65-68,70-71,73-74H,3-26,29,32-54,56,58-60H2,1-2H3,(H,69,72)(H,75,76,77)/b28-27-,31-30-,57-55+. The van der Waals surface area contributed by atoms with E-state index in [1.54, 1.807) is 6.08 Å². The summed E-state index contributed by atoms with van der Waals surface area (Å²) in [5, 5.41) is 45.0. The number of hydrogen-bond donors (Lipinski definition) is 6. The monoisotopic (exact) mass is 1170 g/mol. The third-order valence-electron chi connectivity index (χ3n) is 16.4. The van der Waals surface area contributed by atoms with E-state index < -0.39 is 59.9 Å². The molecule has 0 radical (unpaired) electrons. The molecule has 0 bridgehead atoms. The van der Waals surface area contributed by atoms with Crippen LogP contribution < -0.4 is 5.32 Å². The summed E-state index contributed by atoms with van der Waals surface area (Å²) in [5.41, 5.74) is 0. The van der Waals surface area contributed by atoms with Crippen LogP contribution in [0.25, 0.3) is 0 Å². The summed E-state index contributed by atoms with van der Waals surface area (Å²) >= 11 is 0.